The molecule has 5 nitrogen and oxygen atoms in total. The zero-order valence-electron chi connectivity index (χ0n) is 14.2. The second-order valence-electron chi connectivity index (χ2n) is 6.07. The standard InChI is InChI=1S/C19H21N3O2S/c1-22-13-15(11-20-12-16-4-2-9-25-16)19(21-22)14-5-6-17-18(10-14)24-8-3-7-23-17/h2,4-6,9-10,13,20H,3,7-8,11-12H2,1H3. The number of nitrogens with zero attached hydrogens (tertiary/aromatic N) is 2. The zero-order valence-corrected chi connectivity index (χ0v) is 15.0. The van der Waals surface area contributed by atoms with Crippen LogP contribution in [0, 0.1) is 0 Å². The summed E-state index contributed by atoms with van der Waals surface area (Å²) in [6, 6.07) is 10.3. The van der Waals surface area contributed by atoms with E-state index in [1.165, 1.54) is 10.4 Å². The Kier molecular flexibility index (Phi) is 4.72. The van der Waals surface area contributed by atoms with E-state index in [1.807, 2.05) is 23.9 Å². The Morgan fingerprint density at radius 3 is 2.88 bits per heavy atom. The van der Waals surface area contributed by atoms with Crippen molar-refractivity contribution >= 4 is 11.3 Å². The lowest BCUT2D eigenvalue weighted by molar-refractivity contribution is 0.297. The second-order valence-corrected chi connectivity index (χ2v) is 7.10. The van der Waals surface area contributed by atoms with E-state index >= 15 is 0 Å². The number of nitrogens with one attached hydrogen (secondary N) is 1. The number of ether oxygens (including phenoxy) is 2. The van der Waals surface area contributed by atoms with Crippen LogP contribution in [0.2, 0.25) is 0 Å². The first kappa shape index (κ1) is 16.2. The maximum atomic E-state index is 5.81. The molecule has 1 aliphatic heterocycles. The zero-order chi connectivity index (χ0) is 17.1. The van der Waals surface area contributed by atoms with Gasteiger partial charge in [-0.3, -0.25) is 4.68 Å². The molecule has 0 saturated carbocycles. The quantitative estimate of drug-likeness (QED) is 0.760. The van der Waals surface area contributed by atoms with Crippen molar-refractivity contribution in [3.05, 3.63) is 52.3 Å². The van der Waals surface area contributed by atoms with Gasteiger partial charge in [-0.05, 0) is 29.6 Å². The van der Waals surface area contributed by atoms with E-state index in [1.54, 1.807) is 11.3 Å². The van der Waals surface area contributed by atoms with E-state index in [9.17, 15) is 0 Å². The molecule has 1 aliphatic rings. The number of benzene rings is 1. The number of thiophene rings is 1. The lowest BCUT2D eigenvalue weighted by atomic mass is 10.1. The summed E-state index contributed by atoms with van der Waals surface area (Å²) in [6.07, 6.45) is 2.98. The minimum absolute atomic E-state index is 0.688. The molecule has 25 heavy (non-hydrogen) atoms. The van der Waals surface area contributed by atoms with Crippen molar-refractivity contribution < 1.29 is 9.47 Å². The Balaban J connectivity index is 1.54. The Morgan fingerprint density at radius 1 is 1.16 bits per heavy atom. The minimum Gasteiger partial charge on any atom is -0.490 e. The Hall–Kier alpha value is -2.31. The van der Waals surface area contributed by atoms with Crippen molar-refractivity contribution in [2.24, 2.45) is 7.05 Å². The third kappa shape index (κ3) is 3.70. The van der Waals surface area contributed by atoms with Gasteiger partial charge < -0.3 is 14.8 Å². The number of hydrogen-bond acceptors (Lipinski definition) is 5. The van der Waals surface area contributed by atoms with Crippen molar-refractivity contribution in [3.63, 3.8) is 0 Å². The van der Waals surface area contributed by atoms with Crippen LogP contribution in [-0.4, -0.2) is 23.0 Å². The first-order chi connectivity index (χ1) is 12.3. The highest BCUT2D eigenvalue weighted by Gasteiger charge is 2.15. The smallest absolute Gasteiger partial charge is 0.161 e. The fraction of sp³-hybridized carbons (Fsp3) is 0.316. The summed E-state index contributed by atoms with van der Waals surface area (Å²) < 4.78 is 13.4. The maximum Gasteiger partial charge on any atom is 0.161 e. The summed E-state index contributed by atoms with van der Waals surface area (Å²) in [6.45, 7) is 3.03. The van der Waals surface area contributed by atoms with Crippen molar-refractivity contribution in [2.75, 3.05) is 13.2 Å². The van der Waals surface area contributed by atoms with Crippen LogP contribution < -0.4 is 14.8 Å². The number of aryl methyl sites for hydroxylation is 1. The third-order valence-electron chi connectivity index (χ3n) is 4.12. The third-order valence-corrected chi connectivity index (χ3v) is 5.00. The summed E-state index contributed by atoms with van der Waals surface area (Å²) in [4.78, 5) is 1.33. The summed E-state index contributed by atoms with van der Waals surface area (Å²) >= 11 is 1.77. The topological polar surface area (TPSA) is 48.3 Å². The molecule has 0 fully saturated rings. The van der Waals surface area contributed by atoms with Crippen molar-refractivity contribution in [2.45, 2.75) is 19.5 Å². The normalized spacial score (nSPS) is 13.6. The summed E-state index contributed by atoms with van der Waals surface area (Å²) in [7, 11) is 1.95. The fourth-order valence-electron chi connectivity index (χ4n) is 2.95. The molecule has 0 saturated heterocycles. The van der Waals surface area contributed by atoms with Crippen LogP contribution in [0.3, 0.4) is 0 Å². The fourth-order valence-corrected chi connectivity index (χ4v) is 3.63. The van der Waals surface area contributed by atoms with Gasteiger partial charge in [0.2, 0.25) is 0 Å². The molecule has 0 spiro atoms. The lowest BCUT2D eigenvalue weighted by Gasteiger charge is -2.09. The van der Waals surface area contributed by atoms with Crippen LogP contribution in [-0.2, 0) is 20.1 Å². The van der Waals surface area contributed by atoms with E-state index in [0.29, 0.717) is 13.2 Å². The Morgan fingerprint density at radius 2 is 2.04 bits per heavy atom. The molecule has 0 unspecified atom stereocenters. The molecular formula is C19H21N3O2S. The van der Waals surface area contributed by atoms with E-state index < -0.39 is 0 Å². The molecule has 3 aromatic rings. The minimum atomic E-state index is 0.688. The summed E-state index contributed by atoms with van der Waals surface area (Å²) in [5, 5.41) is 10.3. The predicted molar refractivity (Wildman–Crippen MR) is 99.1 cm³/mol. The molecule has 0 aliphatic carbocycles. The molecular weight excluding hydrogens is 334 g/mol. The molecule has 0 radical (unpaired) electrons. The highest BCUT2D eigenvalue weighted by Crippen LogP contribution is 2.34. The molecule has 6 heteroatoms. The molecule has 0 bridgehead atoms. The monoisotopic (exact) mass is 355 g/mol. The average molecular weight is 355 g/mol. The van der Waals surface area contributed by atoms with Gasteiger partial charge in [-0.2, -0.15) is 5.10 Å². The highest BCUT2D eigenvalue weighted by atomic mass is 32.1. The highest BCUT2D eigenvalue weighted by molar-refractivity contribution is 7.09. The van der Waals surface area contributed by atoms with Crippen LogP contribution in [0.25, 0.3) is 11.3 Å². The van der Waals surface area contributed by atoms with Gasteiger partial charge in [-0.25, -0.2) is 0 Å². The van der Waals surface area contributed by atoms with Gasteiger partial charge in [0.05, 0.1) is 18.9 Å². The molecule has 4 rings (SSSR count). The SMILES string of the molecule is Cn1cc(CNCc2cccs2)c(-c2ccc3c(c2)OCCCO3)n1. The number of fused-ring (bicyclic) bond motifs is 1. The van der Waals surface area contributed by atoms with Gasteiger partial charge in [-0.1, -0.05) is 6.07 Å². The summed E-state index contributed by atoms with van der Waals surface area (Å²) in [5.74, 6) is 1.62. The van der Waals surface area contributed by atoms with Gasteiger partial charge in [0.1, 0.15) is 0 Å². The van der Waals surface area contributed by atoms with E-state index in [-0.39, 0.29) is 0 Å². The lowest BCUT2D eigenvalue weighted by Crippen LogP contribution is -2.11. The average Bonchev–Trinajstić information content (AvgIpc) is 3.19. The van der Waals surface area contributed by atoms with Crippen molar-refractivity contribution in [1.82, 2.24) is 15.1 Å². The first-order valence-electron chi connectivity index (χ1n) is 8.45. The molecule has 3 heterocycles. The van der Waals surface area contributed by atoms with Crippen LogP contribution in [0.5, 0.6) is 11.5 Å². The number of aromatic nitrogens is 2. The van der Waals surface area contributed by atoms with Gasteiger partial charge in [0.15, 0.2) is 11.5 Å². The molecule has 1 N–H and O–H groups in total. The molecule has 1 aromatic carbocycles. The van der Waals surface area contributed by atoms with E-state index in [4.69, 9.17) is 9.47 Å². The van der Waals surface area contributed by atoms with Crippen LogP contribution in [0.15, 0.2) is 41.9 Å². The van der Waals surface area contributed by atoms with E-state index in [2.05, 4.69) is 40.2 Å². The Bertz CT molecular complexity index is 842. The molecule has 0 atom stereocenters. The van der Waals surface area contributed by atoms with Crippen LogP contribution >= 0.6 is 11.3 Å². The second kappa shape index (κ2) is 7.29. The van der Waals surface area contributed by atoms with Gasteiger partial charge in [-0.15, -0.1) is 11.3 Å². The van der Waals surface area contributed by atoms with Crippen LogP contribution in [0.1, 0.15) is 16.9 Å². The van der Waals surface area contributed by atoms with Gasteiger partial charge >= 0.3 is 0 Å². The molecule has 2 aromatic heterocycles. The van der Waals surface area contributed by atoms with Gasteiger partial charge in [0, 0.05) is 48.8 Å². The van der Waals surface area contributed by atoms with E-state index in [0.717, 1.165) is 42.3 Å². The first-order valence-corrected chi connectivity index (χ1v) is 9.33. The summed E-state index contributed by atoms with van der Waals surface area (Å²) in [5.41, 5.74) is 3.21. The number of rotatable bonds is 5. The molecule has 0 amide bonds. The van der Waals surface area contributed by atoms with Crippen molar-refractivity contribution in [1.29, 1.82) is 0 Å². The predicted octanol–water partition coefficient (Wildman–Crippen LogP) is 3.60. The van der Waals surface area contributed by atoms with Crippen molar-refractivity contribution in [3.8, 4) is 22.8 Å². The van der Waals surface area contributed by atoms with Gasteiger partial charge in [0.25, 0.3) is 0 Å². The molecule has 130 valence electrons. The van der Waals surface area contributed by atoms with Crippen LogP contribution in [0.4, 0.5) is 0 Å². The number of hydrogen-bond donors (Lipinski definition) is 1. The largest absolute Gasteiger partial charge is 0.490 e. The Labute approximate surface area is 151 Å². The maximum absolute atomic E-state index is 5.81.